The van der Waals surface area contributed by atoms with Gasteiger partial charge in [-0.2, -0.15) is 0 Å². The second-order valence-electron chi connectivity index (χ2n) is 10.8. The van der Waals surface area contributed by atoms with Gasteiger partial charge in [-0.1, -0.05) is 32.3 Å². The maximum atomic E-state index is 13.0. The van der Waals surface area contributed by atoms with E-state index >= 15 is 0 Å². The Morgan fingerprint density at radius 1 is 1.03 bits per heavy atom. The number of ketones is 3. The summed E-state index contributed by atoms with van der Waals surface area (Å²) in [7, 11) is 0. The highest BCUT2D eigenvalue weighted by Gasteiger charge is 2.59. The molecule has 1 unspecified atom stereocenters. The molecule has 164 valence electrons. The van der Waals surface area contributed by atoms with Gasteiger partial charge in [0.25, 0.3) is 0 Å². The zero-order chi connectivity index (χ0) is 21.7. The van der Waals surface area contributed by atoms with Gasteiger partial charge in [-0.3, -0.25) is 19.2 Å². The predicted molar refractivity (Wildman–Crippen MR) is 113 cm³/mol. The van der Waals surface area contributed by atoms with Gasteiger partial charge in [0.1, 0.15) is 5.78 Å². The Labute approximate surface area is 179 Å². The van der Waals surface area contributed by atoms with Crippen molar-refractivity contribution in [1.29, 1.82) is 0 Å². The quantitative estimate of drug-likeness (QED) is 0.668. The van der Waals surface area contributed by atoms with E-state index in [1.165, 1.54) is 37.7 Å². The standard InChI is InChI=1S/C25H35NO4/c1-24-11-4-3-5-15(24)6-8-17-18(24)10-12-25(2)19(17)14-21(29)23(25)20(28)13-16(27)7-9-22(26)30/h14-15,17-18,23H,3-13H2,1-2H3,(H2,26,30)/t15?,17-,18+,23+,24+,25+/m1/s1. The normalized spacial score (nSPS) is 40.1. The van der Waals surface area contributed by atoms with Crippen LogP contribution in [0.2, 0.25) is 0 Å². The summed E-state index contributed by atoms with van der Waals surface area (Å²) in [5, 5.41) is 0. The zero-order valence-corrected chi connectivity index (χ0v) is 18.4. The Kier molecular flexibility index (Phi) is 5.52. The van der Waals surface area contributed by atoms with Crippen LogP contribution in [0.4, 0.5) is 0 Å². The minimum Gasteiger partial charge on any atom is -0.370 e. The number of Topliss-reactive ketones (excluding diaryl/α,β-unsaturated/α-hetero) is 2. The van der Waals surface area contributed by atoms with Crippen LogP contribution in [0.5, 0.6) is 0 Å². The number of rotatable bonds is 6. The van der Waals surface area contributed by atoms with E-state index in [-0.39, 0.29) is 36.6 Å². The number of allylic oxidation sites excluding steroid dienone is 2. The van der Waals surface area contributed by atoms with Gasteiger partial charge in [-0.15, -0.1) is 0 Å². The Bertz CT molecular complexity index is 814. The summed E-state index contributed by atoms with van der Waals surface area (Å²) < 4.78 is 0. The Hall–Kier alpha value is -1.78. The minimum atomic E-state index is -0.733. The number of carbonyl (C=O) groups is 4. The maximum Gasteiger partial charge on any atom is 0.217 e. The summed E-state index contributed by atoms with van der Waals surface area (Å²) in [5.74, 6) is -0.166. The van der Waals surface area contributed by atoms with E-state index in [2.05, 4.69) is 13.8 Å². The van der Waals surface area contributed by atoms with Gasteiger partial charge in [-0.25, -0.2) is 0 Å². The molecule has 5 heteroatoms. The molecule has 0 radical (unpaired) electrons. The van der Waals surface area contributed by atoms with Gasteiger partial charge < -0.3 is 5.73 Å². The van der Waals surface area contributed by atoms with Crippen LogP contribution in [0, 0.1) is 34.5 Å². The molecule has 0 aromatic rings. The van der Waals surface area contributed by atoms with Crippen molar-refractivity contribution in [3.8, 4) is 0 Å². The third-order valence-electron chi connectivity index (χ3n) is 9.21. The average molecular weight is 414 g/mol. The highest BCUT2D eigenvalue weighted by Crippen LogP contribution is 2.65. The van der Waals surface area contributed by atoms with E-state index in [1.807, 2.05) is 0 Å². The summed E-state index contributed by atoms with van der Waals surface area (Å²) in [4.78, 5) is 49.1. The molecule has 2 N–H and O–H groups in total. The van der Waals surface area contributed by atoms with Crippen LogP contribution in [0.15, 0.2) is 11.6 Å². The first-order valence-corrected chi connectivity index (χ1v) is 11.8. The average Bonchev–Trinajstić information content (AvgIpc) is 2.96. The smallest absolute Gasteiger partial charge is 0.217 e. The van der Waals surface area contributed by atoms with Crippen molar-refractivity contribution in [2.45, 2.75) is 84.5 Å². The molecule has 0 heterocycles. The summed E-state index contributed by atoms with van der Waals surface area (Å²) in [6, 6.07) is 0. The molecule has 0 spiro atoms. The summed E-state index contributed by atoms with van der Waals surface area (Å²) in [6.07, 6.45) is 11.0. The minimum absolute atomic E-state index is 0.0244. The lowest BCUT2D eigenvalue weighted by Gasteiger charge is -2.58. The fraction of sp³-hybridized carbons (Fsp3) is 0.760. The van der Waals surface area contributed by atoms with Crippen molar-refractivity contribution in [2.24, 2.45) is 40.2 Å². The first kappa shape index (κ1) is 21.5. The van der Waals surface area contributed by atoms with Crippen molar-refractivity contribution in [3.05, 3.63) is 11.6 Å². The lowest BCUT2D eigenvalue weighted by molar-refractivity contribution is -0.137. The monoisotopic (exact) mass is 413 g/mol. The molecule has 0 bridgehead atoms. The van der Waals surface area contributed by atoms with Crippen LogP contribution in [0.3, 0.4) is 0 Å². The second-order valence-corrected chi connectivity index (χ2v) is 10.8. The molecule has 0 saturated heterocycles. The highest BCUT2D eigenvalue weighted by atomic mass is 16.2. The summed E-state index contributed by atoms with van der Waals surface area (Å²) in [5.41, 5.74) is 6.21. The fourth-order valence-electron chi connectivity index (χ4n) is 7.66. The van der Waals surface area contributed by atoms with E-state index in [0.717, 1.165) is 25.2 Å². The maximum absolute atomic E-state index is 13.0. The van der Waals surface area contributed by atoms with E-state index in [9.17, 15) is 19.2 Å². The van der Waals surface area contributed by atoms with E-state index in [4.69, 9.17) is 5.73 Å². The third kappa shape index (κ3) is 3.38. The molecule has 0 aromatic heterocycles. The van der Waals surface area contributed by atoms with Gasteiger partial charge in [0.2, 0.25) is 5.91 Å². The molecule has 3 fully saturated rings. The molecular formula is C25H35NO4. The summed E-state index contributed by atoms with van der Waals surface area (Å²) in [6.45, 7) is 4.55. The van der Waals surface area contributed by atoms with Crippen LogP contribution in [0.25, 0.3) is 0 Å². The largest absolute Gasteiger partial charge is 0.370 e. The number of fused-ring (bicyclic) bond motifs is 5. The lowest BCUT2D eigenvalue weighted by Crippen LogP contribution is -2.51. The van der Waals surface area contributed by atoms with Gasteiger partial charge >= 0.3 is 0 Å². The lowest BCUT2D eigenvalue weighted by atomic mass is 9.46. The molecular weight excluding hydrogens is 378 g/mol. The van der Waals surface area contributed by atoms with Crippen molar-refractivity contribution < 1.29 is 19.2 Å². The molecule has 3 saturated carbocycles. The molecule has 6 atom stereocenters. The van der Waals surface area contributed by atoms with Crippen molar-refractivity contribution in [1.82, 2.24) is 0 Å². The third-order valence-corrected chi connectivity index (χ3v) is 9.21. The van der Waals surface area contributed by atoms with E-state index in [1.54, 1.807) is 6.08 Å². The first-order chi connectivity index (χ1) is 14.2. The molecule has 1 amide bonds. The van der Waals surface area contributed by atoms with Crippen molar-refractivity contribution in [3.63, 3.8) is 0 Å². The van der Waals surface area contributed by atoms with Gasteiger partial charge in [0.05, 0.1) is 12.3 Å². The Balaban J connectivity index is 1.52. The first-order valence-electron chi connectivity index (χ1n) is 11.8. The summed E-state index contributed by atoms with van der Waals surface area (Å²) >= 11 is 0. The molecule has 4 aliphatic rings. The predicted octanol–water partition coefficient (Wildman–Crippen LogP) is 3.93. The number of carbonyl (C=O) groups excluding carboxylic acids is 4. The van der Waals surface area contributed by atoms with Gasteiger partial charge in [0, 0.05) is 18.3 Å². The van der Waals surface area contributed by atoms with Crippen LogP contribution in [-0.4, -0.2) is 23.3 Å². The van der Waals surface area contributed by atoms with E-state index in [0.29, 0.717) is 17.3 Å². The number of amides is 1. The highest BCUT2D eigenvalue weighted by molar-refractivity contribution is 6.15. The van der Waals surface area contributed by atoms with Crippen LogP contribution >= 0.6 is 0 Å². The number of hydrogen-bond acceptors (Lipinski definition) is 4. The Morgan fingerprint density at radius 3 is 2.53 bits per heavy atom. The fourth-order valence-corrected chi connectivity index (χ4v) is 7.66. The van der Waals surface area contributed by atoms with Gasteiger partial charge in [-0.05, 0) is 67.8 Å². The van der Waals surface area contributed by atoms with Crippen molar-refractivity contribution in [2.75, 3.05) is 0 Å². The number of hydrogen-bond donors (Lipinski definition) is 1. The SMILES string of the molecule is C[C@]12CC[C@H]3[C@@H](CCC4CCCC[C@@]43C)C1=CC(=O)[C@@H]2C(=O)CC(=O)CCC(N)=O. The molecule has 4 rings (SSSR count). The zero-order valence-electron chi connectivity index (χ0n) is 18.4. The molecule has 4 aliphatic carbocycles. The van der Waals surface area contributed by atoms with Crippen LogP contribution in [-0.2, 0) is 19.2 Å². The van der Waals surface area contributed by atoms with Gasteiger partial charge in [0.15, 0.2) is 11.6 Å². The van der Waals surface area contributed by atoms with Crippen LogP contribution in [0.1, 0.15) is 84.5 Å². The molecule has 5 nitrogen and oxygen atoms in total. The second kappa shape index (κ2) is 7.72. The molecule has 0 aromatic carbocycles. The van der Waals surface area contributed by atoms with Crippen LogP contribution < -0.4 is 5.73 Å². The molecule has 0 aliphatic heterocycles. The number of nitrogens with two attached hydrogens (primary N) is 1. The van der Waals surface area contributed by atoms with E-state index < -0.39 is 17.2 Å². The van der Waals surface area contributed by atoms with Crippen molar-refractivity contribution >= 4 is 23.3 Å². The Morgan fingerprint density at radius 2 is 1.80 bits per heavy atom. The number of primary amides is 1. The topological polar surface area (TPSA) is 94.3 Å². The molecule has 30 heavy (non-hydrogen) atoms.